The lowest BCUT2D eigenvalue weighted by Crippen LogP contribution is -2.47. The van der Waals surface area contributed by atoms with Gasteiger partial charge in [0.15, 0.2) is 0 Å². The van der Waals surface area contributed by atoms with Crippen LogP contribution in [0.2, 0.25) is 0 Å². The van der Waals surface area contributed by atoms with E-state index < -0.39 is 0 Å². The van der Waals surface area contributed by atoms with Crippen molar-refractivity contribution in [3.63, 3.8) is 0 Å². The number of benzene rings is 1. The lowest BCUT2D eigenvalue weighted by molar-refractivity contribution is 0.198. The Balaban J connectivity index is 1.41. The van der Waals surface area contributed by atoms with Crippen LogP contribution in [-0.4, -0.2) is 52.8 Å². The Morgan fingerprint density at radius 1 is 1.15 bits per heavy atom. The number of hydrogen-bond acceptors (Lipinski definition) is 8. The van der Waals surface area contributed by atoms with Gasteiger partial charge in [-0.3, -0.25) is 4.90 Å². The van der Waals surface area contributed by atoms with Crippen molar-refractivity contribution in [1.82, 2.24) is 20.1 Å². The predicted octanol–water partition coefficient (Wildman–Crippen LogP) is 3.77. The minimum atomic E-state index is 0.398. The number of nitrogens with one attached hydrogen (secondary N) is 1. The minimum Gasteiger partial charge on any atom is -0.360 e. The van der Waals surface area contributed by atoms with Gasteiger partial charge in [0.05, 0.1) is 15.2 Å². The molecule has 1 aliphatic heterocycles. The molecule has 3 heterocycles. The zero-order valence-corrected chi connectivity index (χ0v) is 17.0. The van der Waals surface area contributed by atoms with Gasteiger partial charge in [-0.2, -0.15) is 0 Å². The van der Waals surface area contributed by atoms with Gasteiger partial charge in [-0.05, 0) is 38.5 Å². The van der Waals surface area contributed by atoms with E-state index in [1.54, 1.807) is 22.7 Å². The van der Waals surface area contributed by atoms with Crippen LogP contribution in [0.25, 0.3) is 10.2 Å². The SMILES string of the molecule is CCNc1nnc(N2CCN(C(C)c3ccc4sc(C)nc4c3)CC2)s1. The molecule has 8 heteroatoms. The largest absolute Gasteiger partial charge is 0.360 e. The zero-order valence-electron chi connectivity index (χ0n) is 15.4. The number of thiazole rings is 1. The Bertz CT molecular complexity index is 881. The summed E-state index contributed by atoms with van der Waals surface area (Å²) in [4.78, 5) is 9.53. The summed E-state index contributed by atoms with van der Waals surface area (Å²) in [6.45, 7) is 11.4. The van der Waals surface area contributed by atoms with Crippen LogP contribution >= 0.6 is 22.7 Å². The summed E-state index contributed by atoms with van der Waals surface area (Å²) < 4.78 is 1.27. The first-order chi connectivity index (χ1) is 12.6. The smallest absolute Gasteiger partial charge is 0.210 e. The van der Waals surface area contributed by atoms with Crippen molar-refractivity contribution in [3.8, 4) is 0 Å². The number of hydrogen-bond donors (Lipinski definition) is 1. The summed E-state index contributed by atoms with van der Waals surface area (Å²) in [7, 11) is 0. The van der Waals surface area contributed by atoms with Crippen LogP contribution in [0.5, 0.6) is 0 Å². The highest BCUT2D eigenvalue weighted by atomic mass is 32.1. The van der Waals surface area contributed by atoms with Gasteiger partial charge in [0.1, 0.15) is 0 Å². The molecule has 2 aromatic heterocycles. The summed E-state index contributed by atoms with van der Waals surface area (Å²) in [5.74, 6) is 0. The molecule has 0 bridgehead atoms. The third-order valence-electron chi connectivity index (χ3n) is 4.88. The number of rotatable bonds is 5. The summed E-state index contributed by atoms with van der Waals surface area (Å²) in [5, 5.41) is 14.8. The molecule has 1 aromatic carbocycles. The van der Waals surface area contributed by atoms with E-state index >= 15 is 0 Å². The maximum absolute atomic E-state index is 4.64. The van der Waals surface area contributed by atoms with E-state index in [0.29, 0.717) is 6.04 Å². The van der Waals surface area contributed by atoms with Crippen LogP contribution in [0.3, 0.4) is 0 Å². The fourth-order valence-electron chi connectivity index (χ4n) is 3.40. The predicted molar refractivity (Wildman–Crippen MR) is 111 cm³/mol. The standard InChI is InChI=1S/C18H24N6S2/c1-4-19-17-21-22-18(26-17)24-9-7-23(8-10-24)12(2)14-5-6-16-15(11-14)20-13(3)25-16/h5-6,11-12H,4,7-10H2,1-3H3,(H,19,21). The molecule has 0 spiro atoms. The number of anilines is 2. The monoisotopic (exact) mass is 388 g/mol. The van der Waals surface area contributed by atoms with Crippen LogP contribution in [0.4, 0.5) is 10.3 Å². The van der Waals surface area contributed by atoms with Crippen molar-refractivity contribution in [2.75, 3.05) is 42.9 Å². The Labute approximate surface area is 161 Å². The molecule has 138 valence electrons. The molecule has 1 saturated heterocycles. The van der Waals surface area contributed by atoms with Gasteiger partial charge in [-0.1, -0.05) is 17.4 Å². The molecule has 0 amide bonds. The molecule has 1 atom stereocenters. The first-order valence-corrected chi connectivity index (χ1v) is 10.7. The number of aryl methyl sites for hydroxylation is 1. The first kappa shape index (κ1) is 17.6. The van der Waals surface area contributed by atoms with E-state index in [-0.39, 0.29) is 0 Å². The Morgan fingerprint density at radius 3 is 2.73 bits per heavy atom. The molecule has 26 heavy (non-hydrogen) atoms. The molecule has 1 unspecified atom stereocenters. The average molecular weight is 389 g/mol. The maximum atomic E-state index is 4.64. The van der Waals surface area contributed by atoms with Crippen molar-refractivity contribution in [2.45, 2.75) is 26.8 Å². The van der Waals surface area contributed by atoms with Crippen molar-refractivity contribution in [2.24, 2.45) is 0 Å². The molecule has 3 aromatic rings. The lowest BCUT2D eigenvalue weighted by Gasteiger charge is -2.37. The maximum Gasteiger partial charge on any atom is 0.210 e. The van der Waals surface area contributed by atoms with Gasteiger partial charge >= 0.3 is 0 Å². The molecule has 6 nitrogen and oxygen atoms in total. The van der Waals surface area contributed by atoms with Gasteiger partial charge in [0.25, 0.3) is 0 Å². The van der Waals surface area contributed by atoms with Crippen LogP contribution in [0, 0.1) is 6.92 Å². The van der Waals surface area contributed by atoms with E-state index in [0.717, 1.165) is 53.5 Å². The molecular weight excluding hydrogens is 364 g/mol. The van der Waals surface area contributed by atoms with Crippen LogP contribution in [-0.2, 0) is 0 Å². The van der Waals surface area contributed by atoms with E-state index in [9.17, 15) is 0 Å². The normalized spacial score (nSPS) is 17.0. The second kappa shape index (κ2) is 7.46. The summed E-state index contributed by atoms with van der Waals surface area (Å²) >= 11 is 3.40. The van der Waals surface area contributed by atoms with Gasteiger partial charge in [0.2, 0.25) is 10.3 Å². The van der Waals surface area contributed by atoms with Crippen LogP contribution in [0.15, 0.2) is 18.2 Å². The van der Waals surface area contributed by atoms with E-state index in [1.807, 2.05) is 0 Å². The van der Waals surface area contributed by atoms with Gasteiger partial charge < -0.3 is 10.2 Å². The molecule has 0 radical (unpaired) electrons. The summed E-state index contributed by atoms with van der Waals surface area (Å²) in [6.07, 6.45) is 0. The molecule has 0 saturated carbocycles. The van der Waals surface area contributed by atoms with Gasteiger partial charge in [0, 0.05) is 38.8 Å². The number of nitrogens with zero attached hydrogens (tertiary/aromatic N) is 5. The van der Waals surface area contributed by atoms with Gasteiger partial charge in [-0.15, -0.1) is 21.5 Å². The quantitative estimate of drug-likeness (QED) is 0.718. The van der Waals surface area contributed by atoms with Crippen molar-refractivity contribution >= 4 is 43.2 Å². The Morgan fingerprint density at radius 2 is 1.96 bits per heavy atom. The van der Waals surface area contributed by atoms with Crippen LogP contribution in [0.1, 0.15) is 30.5 Å². The molecule has 4 rings (SSSR count). The van der Waals surface area contributed by atoms with E-state index in [1.165, 1.54) is 10.3 Å². The van der Waals surface area contributed by atoms with Crippen LogP contribution < -0.4 is 10.2 Å². The second-order valence-corrected chi connectivity index (χ2v) is 8.77. The number of aromatic nitrogens is 3. The molecular formula is C18H24N6S2. The highest BCUT2D eigenvalue weighted by molar-refractivity contribution is 7.19. The fourth-order valence-corrected chi connectivity index (χ4v) is 5.07. The highest BCUT2D eigenvalue weighted by Crippen LogP contribution is 2.29. The molecule has 1 N–H and O–H groups in total. The van der Waals surface area contributed by atoms with Crippen molar-refractivity contribution < 1.29 is 0 Å². The van der Waals surface area contributed by atoms with Crippen molar-refractivity contribution in [3.05, 3.63) is 28.8 Å². The molecule has 1 fully saturated rings. The fraction of sp³-hybridized carbons (Fsp3) is 0.500. The zero-order chi connectivity index (χ0) is 18.1. The summed E-state index contributed by atoms with van der Waals surface area (Å²) in [5.41, 5.74) is 2.47. The Hall–Kier alpha value is -1.77. The lowest BCUT2D eigenvalue weighted by atomic mass is 10.1. The third-order valence-corrected chi connectivity index (χ3v) is 6.77. The van der Waals surface area contributed by atoms with E-state index in [4.69, 9.17) is 0 Å². The van der Waals surface area contributed by atoms with Crippen molar-refractivity contribution in [1.29, 1.82) is 0 Å². The minimum absolute atomic E-state index is 0.398. The second-order valence-electron chi connectivity index (χ2n) is 6.58. The molecule has 0 aliphatic carbocycles. The molecule has 1 aliphatic rings. The summed E-state index contributed by atoms with van der Waals surface area (Å²) in [6, 6.07) is 7.12. The van der Waals surface area contributed by atoms with E-state index in [2.05, 4.69) is 69.3 Å². The third kappa shape index (κ3) is 3.54. The number of piperazine rings is 1. The number of fused-ring (bicyclic) bond motifs is 1. The Kier molecular flexibility index (Phi) is 5.06. The first-order valence-electron chi connectivity index (χ1n) is 9.07. The van der Waals surface area contributed by atoms with Gasteiger partial charge in [-0.25, -0.2) is 4.98 Å². The topological polar surface area (TPSA) is 57.2 Å². The highest BCUT2D eigenvalue weighted by Gasteiger charge is 2.24. The average Bonchev–Trinajstić information content (AvgIpc) is 3.26.